The van der Waals surface area contributed by atoms with Crippen LogP contribution in [0.2, 0.25) is 16.6 Å². The summed E-state index contributed by atoms with van der Waals surface area (Å²) in [7, 11) is -2.06. The molecule has 0 aromatic carbocycles. The lowest BCUT2D eigenvalue weighted by atomic mass is 9.79. The van der Waals surface area contributed by atoms with Gasteiger partial charge < -0.3 is 23.4 Å². The van der Waals surface area contributed by atoms with Gasteiger partial charge in [0.05, 0.1) is 6.61 Å². The van der Waals surface area contributed by atoms with Crippen molar-refractivity contribution in [1.82, 2.24) is 0 Å². The first-order valence-corrected chi connectivity index (χ1v) is 14.1. The van der Waals surface area contributed by atoms with Crippen LogP contribution in [0.25, 0.3) is 0 Å². The third-order valence-electron chi connectivity index (χ3n) is 7.31. The zero-order valence-corrected chi connectivity index (χ0v) is 22.4. The fourth-order valence-corrected chi connectivity index (χ4v) is 11.4. The second-order valence-corrected chi connectivity index (χ2v) is 17.4. The Bertz CT molecular complexity index is 646. The minimum atomic E-state index is -2.06. The summed E-state index contributed by atoms with van der Waals surface area (Å²) in [6, 6.07) is 0. The smallest absolute Gasteiger partial charge is 0.200 e. The van der Waals surface area contributed by atoms with E-state index in [1.54, 1.807) is 0 Å². The summed E-state index contributed by atoms with van der Waals surface area (Å²) in [5.74, 6) is -0.642. The second-order valence-electron chi connectivity index (χ2n) is 12.0. The number of carbonyl (C=O) groups is 1. The quantitative estimate of drug-likeness (QED) is 0.510. The van der Waals surface area contributed by atoms with Crippen LogP contribution >= 0.6 is 0 Å². The van der Waals surface area contributed by atoms with Crippen LogP contribution in [0.1, 0.15) is 76.2 Å². The second kappa shape index (κ2) is 8.48. The van der Waals surface area contributed by atoms with Crippen LogP contribution < -0.4 is 0 Å². The third-order valence-corrected chi connectivity index (χ3v) is 13.4. The summed E-state index contributed by atoms with van der Waals surface area (Å²) < 4.78 is 31.9. The maximum Gasteiger partial charge on any atom is 0.200 e. The zero-order chi connectivity index (χ0) is 23.5. The number of Topliss-reactive ketones (excluding diaryl/α,β-unsaturated/α-hetero) is 1. The number of hydrogen-bond acceptors (Lipinski definition) is 6. The van der Waals surface area contributed by atoms with Crippen molar-refractivity contribution in [3.05, 3.63) is 0 Å². The molecule has 3 rings (SSSR count). The van der Waals surface area contributed by atoms with Gasteiger partial charge in [-0.2, -0.15) is 0 Å². The molecular formula is C24H44O6Si. The SMILES string of the molecule is CC(C)[Si](OC[C@H]1O[C@H]2[C@H](O[C@@H]2C(=O)C(C)(C)C)[C@H]2OC(C)(C)O[C@H]21)(C(C)C)C(C)C. The number of rotatable bonds is 7. The molecule has 0 bridgehead atoms. The fourth-order valence-electron chi connectivity index (χ4n) is 5.96. The monoisotopic (exact) mass is 456 g/mol. The molecule has 31 heavy (non-hydrogen) atoms. The lowest BCUT2D eigenvalue weighted by Gasteiger charge is -2.53. The number of ketones is 1. The van der Waals surface area contributed by atoms with Crippen molar-refractivity contribution in [2.45, 2.75) is 135 Å². The van der Waals surface area contributed by atoms with Gasteiger partial charge in [0.1, 0.15) is 36.6 Å². The maximum absolute atomic E-state index is 12.9. The number of fused-ring (bicyclic) bond motifs is 3. The van der Waals surface area contributed by atoms with Crippen molar-refractivity contribution in [3.8, 4) is 0 Å². The normalized spacial score (nSPS) is 35.3. The number of carbonyl (C=O) groups excluding carboxylic acids is 1. The van der Waals surface area contributed by atoms with Crippen LogP contribution in [0.3, 0.4) is 0 Å². The van der Waals surface area contributed by atoms with E-state index in [4.69, 9.17) is 23.4 Å². The highest BCUT2D eigenvalue weighted by Gasteiger charge is 2.64. The van der Waals surface area contributed by atoms with E-state index in [0.717, 1.165) is 0 Å². The Morgan fingerprint density at radius 1 is 0.871 bits per heavy atom. The van der Waals surface area contributed by atoms with E-state index >= 15 is 0 Å². The molecule has 3 aliphatic rings. The molecule has 0 spiro atoms. The predicted molar refractivity (Wildman–Crippen MR) is 123 cm³/mol. The highest BCUT2D eigenvalue weighted by atomic mass is 28.4. The van der Waals surface area contributed by atoms with Gasteiger partial charge in [-0.25, -0.2) is 0 Å². The first kappa shape index (κ1) is 25.3. The summed E-state index contributed by atoms with van der Waals surface area (Å²) in [6.45, 7) is 23.7. The van der Waals surface area contributed by atoms with Crippen LogP contribution in [-0.4, -0.2) is 63.1 Å². The van der Waals surface area contributed by atoms with Gasteiger partial charge in [0.15, 0.2) is 19.9 Å². The van der Waals surface area contributed by atoms with Gasteiger partial charge in [0.2, 0.25) is 0 Å². The van der Waals surface area contributed by atoms with Gasteiger partial charge in [-0.1, -0.05) is 62.3 Å². The van der Waals surface area contributed by atoms with Crippen LogP contribution in [0.5, 0.6) is 0 Å². The maximum atomic E-state index is 12.9. The van der Waals surface area contributed by atoms with Crippen LogP contribution in [-0.2, 0) is 28.2 Å². The van der Waals surface area contributed by atoms with Gasteiger partial charge in [-0.15, -0.1) is 0 Å². The van der Waals surface area contributed by atoms with E-state index in [9.17, 15) is 4.79 Å². The minimum absolute atomic E-state index is 0.0697. The summed E-state index contributed by atoms with van der Waals surface area (Å²) in [5.41, 5.74) is 0.973. The van der Waals surface area contributed by atoms with Crippen LogP contribution in [0.15, 0.2) is 0 Å². The largest absolute Gasteiger partial charge is 0.413 e. The molecule has 0 amide bonds. The highest BCUT2D eigenvalue weighted by molar-refractivity contribution is 6.77. The Labute approximate surface area is 189 Å². The van der Waals surface area contributed by atoms with E-state index in [0.29, 0.717) is 23.2 Å². The van der Waals surface area contributed by atoms with Crippen LogP contribution in [0.4, 0.5) is 0 Å². The lowest BCUT2D eigenvalue weighted by Crippen LogP contribution is -2.72. The molecule has 0 saturated carbocycles. The van der Waals surface area contributed by atoms with E-state index < -0.39 is 25.6 Å². The Morgan fingerprint density at radius 3 is 1.87 bits per heavy atom. The zero-order valence-electron chi connectivity index (χ0n) is 21.4. The van der Waals surface area contributed by atoms with Crippen molar-refractivity contribution in [2.75, 3.05) is 6.61 Å². The van der Waals surface area contributed by atoms with Crippen LogP contribution in [0, 0.1) is 5.41 Å². The molecule has 180 valence electrons. The van der Waals surface area contributed by atoms with Gasteiger partial charge in [-0.05, 0) is 30.5 Å². The molecule has 0 unspecified atom stereocenters. The van der Waals surface area contributed by atoms with E-state index in [1.165, 1.54) is 0 Å². The van der Waals surface area contributed by atoms with Crippen molar-refractivity contribution in [2.24, 2.45) is 5.41 Å². The molecule has 3 saturated heterocycles. The van der Waals surface area contributed by atoms with Gasteiger partial charge in [0.25, 0.3) is 0 Å². The molecule has 0 aliphatic carbocycles. The lowest BCUT2D eigenvalue weighted by molar-refractivity contribution is -0.311. The van der Waals surface area contributed by atoms with Crippen molar-refractivity contribution in [3.63, 3.8) is 0 Å². The molecule has 0 aromatic rings. The first-order valence-electron chi connectivity index (χ1n) is 12.0. The van der Waals surface area contributed by atoms with Crippen molar-refractivity contribution in [1.29, 1.82) is 0 Å². The molecule has 0 radical (unpaired) electrons. The minimum Gasteiger partial charge on any atom is -0.413 e. The molecule has 7 heteroatoms. The Morgan fingerprint density at radius 2 is 1.39 bits per heavy atom. The predicted octanol–water partition coefficient (Wildman–Crippen LogP) is 4.85. The first-order chi connectivity index (χ1) is 14.1. The van der Waals surface area contributed by atoms with E-state index in [-0.39, 0.29) is 36.3 Å². The van der Waals surface area contributed by atoms with Crippen molar-refractivity contribution < 1.29 is 28.2 Å². The summed E-state index contributed by atoms with van der Waals surface area (Å²) >= 11 is 0. The van der Waals surface area contributed by atoms with Crippen molar-refractivity contribution >= 4 is 14.1 Å². The fraction of sp³-hybridized carbons (Fsp3) is 0.958. The average molecular weight is 457 g/mol. The Kier molecular flexibility index (Phi) is 6.92. The van der Waals surface area contributed by atoms with Gasteiger partial charge in [-0.3, -0.25) is 4.79 Å². The van der Waals surface area contributed by atoms with Gasteiger partial charge in [0, 0.05) is 5.41 Å². The summed E-state index contributed by atoms with van der Waals surface area (Å²) in [5, 5.41) is 0. The molecular weight excluding hydrogens is 412 g/mol. The van der Waals surface area contributed by atoms with E-state index in [1.807, 2.05) is 34.6 Å². The Balaban J connectivity index is 1.82. The standard InChI is InChI=1S/C24H44O6Si/c1-13(2)31(14(3)4,15(5)6)26-12-16-17-20(30-24(10,11)29-17)18-19(27-16)21(28-18)22(25)23(7,8)9/h13-21H,12H2,1-11H3/t16-,17+,18+,19+,20+,21+/m1/s1. The summed E-state index contributed by atoms with van der Waals surface area (Å²) in [4.78, 5) is 12.9. The molecule has 3 fully saturated rings. The molecule has 3 heterocycles. The molecule has 6 atom stereocenters. The van der Waals surface area contributed by atoms with Gasteiger partial charge >= 0.3 is 0 Å². The van der Waals surface area contributed by atoms with E-state index in [2.05, 4.69) is 41.5 Å². The topological polar surface area (TPSA) is 63.2 Å². The molecule has 6 nitrogen and oxygen atoms in total. The average Bonchev–Trinajstić information content (AvgIpc) is 2.90. The molecule has 3 aliphatic heterocycles. The highest BCUT2D eigenvalue weighted by Crippen LogP contribution is 2.47. The molecule has 0 N–H and O–H groups in total. The Hall–Kier alpha value is -0.313. The summed E-state index contributed by atoms with van der Waals surface area (Å²) in [6.07, 6.45) is -1.94. The number of ether oxygens (including phenoxy) is 4. The molecule has 0 aromatic heterocycles. The number of hydrogen-bond donors (Lipinski definition) is 0. The third kappa shape index (κ3) is 4.43.